The van der Waals surface area contributed by atoms with Gasteiger partial charge in [0.1, 0.15) is 0 Å². The predicted octanol–water partition coefficient (Wildman–Crippen LogP) is 4.40. The SMILES string of the molecule is CCOc1cc(CN2C3CCC2c2cc(Cl)cnc2C3)ccc1OC. The Kier molecular flexibility index (Phi) is 4.57. The van der Waals surface area contributed by atoms with Crippen LogP contribution in [0.4, 0.5) is 0 Å². The molecule has 2 aromatic rings. The third-order valence-electron chi connectivity index (χ3n) is 5.29. The Labute approximate surface area is 153 Å². The molecule has 132 valence electrons. The Morgan fingerprint density at radius 2 is 2.12 bits per heavy atom. The molecule has 0 aliphatic carbocycles. The Morgan fingerprint density at radius 3 is 2.92 bits per heavy atom. The fraction of sp³-hybridized carbons (Fsp3) is 0.450. The van der Waals surface area contributed by atoms with E-state index in [1.165, 1.54) is 29.7 Å². The number of rotatable bonds is 5. The van der Waals surface area contributed by atoms with Crippen molar-refractivity contribution < 1.29 is 9.47 Å². The summed E-state index contributed by atoms with van der Waals surface area (Å²) in [5.41, 5.74) is 3.78. The first-order valence-electron chi connectivity index (χ1n) is 8.89. The number of aromatic nitrogens is 1. The smallest absolute Gasteiger partial charge is 0.161 e. The molecule has 2 unspecified atom stereocenters. The number of fused-ring (bicyclic) bond motifs is 4. The molecule has 0 radical (unpaired) electrons. The minimum Gasteiger partial charge on any atom is -0.493 e. The summed E-state index contributed by atoms with van der Waals surface area (Å²) in [7, 11) is 1.68. The molecule has 2 aliphatic heterocycles. The number of pyridine rings is 1. The first-order valence-corrected chi connectivity index (χ1v) is 9.27. The molecule has 0 spiro atoms. The van der Waals surface area contributed by atoms with Crippen LogP contribution in [0, 0.1) is 0 Å². The molecule has 25 heavy (non-hydrogen) atoms. The molecule has 1 aromatic carbocycles. The monoisotopic (exact) mass is 358 g/mol. The molecule has 5 heteroatoms. The second kappa shape index (κ2) is 6.85. The molecule has 0 amide bonds. The first-order chi connectivity index (χ1) is 12.2. The number of hydrogen-bond acceptors (Lipinski definition) is 4. The van der Waals surface area contributed by atoms with E-state index < -0.39 is 0 Å². The Hall–Kier alpha value is -1.78. The highest BCUT2D eigenvalue weighted by molar-refractivity contribution is 6.30. The molecule has 1 saturated heterocycles. The topological polar surface area (TPSA) is 34.6 Å². The van der Waals surface area contributed by atoms with Gasteiger partial charge in [-0.1, -0.05) is 17.7 Å². The lowest BCUT2D eigenvalue weighted by molar-refractivity contribution is 0.166. The molecule has 2 atom stereocenters. The first kappa shape index (κ1) is 16.7. The van der Waals surface area contributed by atoms with Crippen LogP contribution in [0.5, 0.6) is 11.5 Å². The van der Waals surface area contributed by atoms with E-state index in [1.807, 2.05) is 13.0 Å². The van der Waals surface area contributed by atoms with Gasteiger partial charge in [-0.05, 0) is 49.1 Å². The summed E-state index contributed by atoms with van der Waals surface area (Å²) in [6, 6.07) is 9.31. The number of hydrogen-bond donors (Lipinski definition) is 0. The zero-order chi connectivity index (χ0) is 17.4. The van der Waals surface area contributed by atoms with Crippen LogP contribution in [-0.4, -0.2) is 29.6 Å². The van der Waals surface area contributed by atoms with Crippen LogP contribution in [0.25, 0.3) is 0 Å². The highest BCUT2D eigenvalue weighted by Gasteiger charge is 2.40. The van der Waals surface area contributed by atoms with Crippen LogP contribution in [0.3, 0.4) is 0 Å². The van der Waals surface area contributed by atoms with Crippen LogP contribution in [0.15, 0.2) is 30.5 Å². The van der Waals surface area contributed by atoms with Gasteiger partial charge in [-0.3, -0.25) is 9.88 Å². The standard InChI is InChI=1S/C20H23ClN2O2/c1-3-25-20-8-13(4-7-19(20)24-2)12-23-15-5-6-18(23)16-9-14(21)11-22-17(16)10-15/h4,7-9,11,15,18H,3,5-6,10,12H2,1-2H3. The zero-order valence-corrected chi connectivity index (χ0v) is 15.4. The molecule has 1 fully saturated rings. The Morgan fingerprint density at radius 1 is 1.24 bits per heavy atom. The summed E-state index contributed by atoms with van der Waals surface area (Å²) in [5.74, 6) is 1.60. The van der Waals surface area contributed by atoms with Gasteiger partial charge in [0.25, 0.3) is 0 Å². The molecule has 1 aromatic heterocycles. The summed E-state index contributed by atoms with van der Waals surface area (Å²) >= 11 is 6.20. The minimum absolute atomic E-state index is 0.414. The van der Waals surface area contributed by atoms with Crippen LogP contribution < -0.4 is 9.47 Å². The number of halogens is 1. The fourth-order valence-corrected chi connectivity index (χ4v) is 4.36. The molecular formula is C20H23ClN2O2. The fourth-order valence-electron chi connectivity index (χ4n) is 4.19. The molecular weight excluding hydrogens is 336 g/mol. The summed E-state index contributed by atoms with van der Waals surface area (Å²) in [5, 5.41) is 0.729. The van der Waals surface area contributed by atoms with Gasteiger partial charge in [0.15, 0.2) is 11.5 Å². The van der Waals surface area contributed by atoms with Crippen molar-refractivity contribution in [3.8, 4) is 11.5 Å². The lowest BCUT2D eigenvalue weighted by Gasteiger charge is -2.36. The van der Waals surface area contributed by atoms with E-state index >= 15 is 0 Å². The zero-order valence-electron chi connectivity index (χ0n) is 14.7. The van der Waals surface area contributed by atoms with E-state index in [4.69, 9.17) is 21.1 Å². The van der Waals surface area contributed by atoms with Gasteiger partial charge in [0.05, 0.1) is 18.7 Å². The Bertz CT molecular complexity index is 780. The molecule has 4 rings (SSSR count). The number of benzene rings is 1. The largest absolute Gasteiger partial charge is 0.493 e. The summed E-state index contributed by atoms with van der Waals surface area (Å²) in [4.78, 5) is 7.16. The maximum absolute atomic E-state index is 6.20. The van der Waals surface area contributed by atoms with Crippen LogP contribution in [0.1, 0.15) is 42.6 Å². The third-order valence-corrected chi connectivity index (χ3v) is 5.50. The molecule has 4 nitrogen and oxygen atoms in total. The van der Waals surface area contributed by atoms with Gasteiger partial charge >= 0.3 is 0 Å². The third kappa shape index (κ3) is 3.09. The van der Waals surface area contributed by atoms with Crippen molar-refractivity contribution in [3.63, 3.8) is 0 Å². The van der Waals surface area contributed by atoms with E-state index in [0.29, 0.717) is 18.7 Å². The normalized spacial score (nSPS) is 21.9. The molecule has 0 saturated carbocycles. The van der Waals surface area contributed by atoms with Crippen molar-refractivity contribution in [1.82, 2.24) is 9.88 Å². The van der Waals surface area contributed by atoms with Crippen molar-refractivity contribution in [1.29, 1.82) is 0 Å². The van der Waals surface area contributed by atoms with E-state index in [0.717, 1.165) is 29.5 Å². The predicted molar refractivity (Wildman–Crippen MR) is 98.4 cm³/mol. The van der Waals surface area contributed by atoms with Gasteiger partial charge in [0.2, 0.25) is 0 Å². The number of ether oxygens (including phenoxy) is 2. The van der Waals surface area contributed by atoms with Gasteiger partial charge in [0, 0.05) is 36.9 Å². The van der Waals surface area contributed by atoms with Gasteiger partial charge < -0.3 is 9.47 Å². The molecule has 0 N–H and O–H groups in total. The quantitative estimate of drug-likeness (QED) is 0.793. The average molecular weight is 359 g/mol. The Balaban J connectivity index is 1.60. The van der Waals surface area contributed by atoms with Crippen molar-refractivity contribution in [2.75, 3.05) is 13.7 Å². The van der Waals surface area contributed by atoms with Crippen molar-refractivity contribution in [3.05, 3.63) is 52.3 Å². The molecule has 2 aliphatic rings. The average Bonchev–Trinajstić information content (AvgIpc) is 2.89. The number of methoxy groups -OCH3 is 1. The highest BCUT2D eigenvalue weighted by atomic mass is 35.5. The lowest BCUT2D eigenvalue weighted by Crippen LogP contribution is -2.37. The second-order valence-electron chi connectivity index (χ2n) is 6.73. The van der Waals surface area contributed by atoms with Crippen LogP contribution in [-0.2, 0) is 13.0 Å². The highest BCUT2D eigenvalue weighted by Crippen LogP contribution is 2.44. The lowest BCUT2D eigenvalue weighted by atomic mass is 9.97. The molecule has 2 bridgehead atoms. The van der Waals surface area contributed by atoms with Crippen molar-refractivity contribution >= 4 is 11.6 Å². The van der Waals surface area contributed by atoms with Crippen LogP contribution in [0.2, 0.25) is 5.02 Å². The van der Waals surface area contributed by atoms with E-state index in [9.17, 15) is 0 Å². The van der Waals surface area contributed by atoms with Gasteiger partial charge in [-0.15, -0.1) is 0 Å². The van der Waals surface area contributed by atoms with Crippen LogP contribution >= 0.6 is 11.6 Å². The maximum Gasteiger partial charge on any atom is 0.161 e. The summed E-state index contributed by atoms with van der Waals surface area (Å²) in [6.45, 7) is 3.53. The van der Waals surface area contributed by atoms with E-state index in [1.54, 1.807) is 13.3 Å². The summed E-state index contributed by atoms with van der Waals surface area (Å²) < 4.78 is 11.1. The second-order valence-corrected chi connectivity index (χ2v) is 7.17. The van der Waals surface area contributed by atoms with Crippen molar-refractivity contribution in [2.24, 2.45) is 0 Å². The maximum atomic E-state index is 6.20. The molecule has 3 heterocycles. The summed E-state index contributed by atoms with van der Waals surface area (Å²) in [6.07, 6.45) is 5.17. The minimum atomic E-state index is 0.414. The van der Waals surface area contributed by atoms with E-state index in [-0.39, 0.29) is 0 Å². The van der Waals surface area contributed by atoms with Gasteiger partial charge in [-0.25, -0.2) is 0 Å². The van der Waals surface area contributed by atoms with Gasteiger partial charge in [-0.2, -0.15) is 0 Å². The van der Waals surface area contributed by atoms with Crippen molar-refractivity contribution in [2.45, 2.75) is 44.8 Å². The number of nitrogens with zero attached hydrogens (tertiary/aromatic N) is 2. The van der Waals surface area contributed by atoms with E-state index in [2.05, 4.69) is 28.1 Å².